The molecule has 1 unspecified atom stereocenters. The lowest BCUT2D eigenvalue weighted by Crippen LogP contribution is -2.41. The van der Waals surface area contributed by atoms with Gasteiger partial charge in [-0.2, -0.15) is 0 Å². The van der Waals surface area contributed by atoms with Gasteiger partial charge in [-0.1, -0.05) is 0 Å². The summed E-state index contributed by atoms with van der Waals surface area (Å²) in [6, 6.07) is 3.68. The zero-order chi connectivity index (χ0) is 16.0. The van der Waals surface area contributed by atoms with Crippen LogP contribution in [0.5, 0.6) is 0 Å². The molecule has 0 saturated carbocycles. The van der Waals surface area contributed by atoms with Crippen LogP contribution in [0.1, 0.15) is 23.2 Å². The molecule has 1 atom stereocenters. The molecular formula is C13H15IN2O5. The standard InChI is InChI=1S/C13H15IN2O5/c1-15-9-3-2-7(6-8(9)14)12(19)16-10(13(20)21)4-5-11(17)18/h2-3,6,10,15H,4-5H2,1H3,(H,16,19)(H,17,18)(H,20,21). The second kappa shape index (κ2) is 7.81. The molecule has 0 saturated heterocycles. The van der Waals surface area contributed by atoms with Crippen LogP contribution in [0.3, 0.4) is 0 Å². The lowest BCUT2D eigenvalue weighted by Gasteiger charge is -2.14. The van der Waals surface area contributed by atoms with Crippen molar-refractivity contribution < 1.29 is 24.6 Å². The van der Waals surface area contributed by atoms with E-state index in [1.165, 1.54) is 0 Å². The molecule has 0 aliphatic carbocycles. The Morgan fingerprint density at radius 2 is 1.95 bits per heavy atom. The Morgan fingerprint density at radius 3 is 2.43 bits per heavy atom. The maximum Gasteiger partial charge on any atom is 0.326 e. The monoisotopic (exact) mass is 406 g/mol. The largest absolute Gasteiger partial charge is 0.481 e. The number of carboxylic acid groups (broad SMARTS) is 2. The minimum Gasteiger partial charge on any atom is -0.481 e. The minimum atomic E-state index is -1.26. The summed E-state index contributed by atoms with van der Waals surface area (Å²) in [5, 5.41) is 22.9. The normalized spacial score (nSPS) is 11.5. The SMILES string of the molecule is CNc1ccc(C(=O)NC(CCC(=O)O)C(=O)O)cc1I. The van der Waals surface area contributed by atoms with Gasteiger partial charge in [-0.25, -0.2) is 4.79 Å². The fraction of sp³-hybridized carbons (Fsp3) is 0.308. The maximum atomic E-state index is 12.0. The molecule has 4 N–H and O–H groups in total. The number of aliphatic carboxylic acids is 2. The van der Waals surface area contributed by atoms with Crippen molar-refractivity contribution >= 4 is 46.1 Å². The summed E-state index contributed by atoms with van der Waals surface area (Å²) in [6.45, 7) is 0. The number of nitrogens with one attached hydrogen (secondary N) is 2. The van der Waals surface area contributed by atoms with E-state index in [0.29, 0.717) is 5.56 Å². The third-order valence-electron chi connectivity index (χ3n) is 2.75. The zero-order valence-corrected chi connectivity index (χ0v) is 13.4. The van der Waals surface area contributed by atoms with Crippen LogP contribution in [-0.2, 0) is 9.59 Å². The van der Waals surface area contributed by atoms with E-state index >= 15 is 0 Å². The van der Waals surface area contributed by atoms with Crippen LogP contribution >= 0.6 is 22.6 Å². The zero-order valence-electron chi connectivity index (χ0n) is 11.2. The molecule has 8 heteroatoms. The average molecular weight is 406 g/mol. The van der Waals surface area contributed by atoms with E-state index in [-0.39, 0.29) is 12.8 Å². The maximum absolute atomic E-state index is 12.0. The summed E-state index contributed by atoms with van der Waals surface area (Å²) in [5.74, 6) is -2.91. The van der Waals surface area contributed by atoms with Crippen LogP contribution in [0, 0.1) is 3.57 Å². The summed E-state index contributed by atoms with van der Waals surface area (Å²) in [4.78, 5) is 33.5. The van der Waals surface area contributed by atoms with Gasteiger partial charge in [-0.3, -0.25) is 9.59 Å². The summed E-state index contributed by atoms with van der Waals surface area (Å²) in [6.07, 6.45) is -0.491. The number of anilines is 1. The summed E-state index contributed by atoms with van der Waals surface area (Å²) < 4.78 is 0.820. The van der Waals surface area contributed by atoms with Crippen molar-refractivity contribution in [3.63, 3.8) is 0 Å². The molecule has 1 amide bonds. The Morgan fingerprint density at radius 1 is 1.29 bits per heavy atom. The van der Waals surface area contributed by atoms with Crippen LogP contribution in [0.4, 0.5) is 5.69 Å². The van der Waals surface area contributed by atoms with Gasteiger partial charge in [0.15, 0.2) is 0 Å². The lowest BCUT2D eigenvalue weighted by atomic mass is 10.1. The number of carboxylic acids is 2. The van der Waals surface area contributed by atoms with E-state index < -0.39 is 23.9 Å². The first-order chi connectivity index (χ1) is 9.85. The number of hydrogen-bond donors (Lipinski definition) is 4. The lowest BCUT2D eigenvalue weighted by molar-refractivity contribution is -0.140. The minimum absolute atomic E-state index is 0.165. The van der Waals surface area contributed by atoms with E-state index in [4.69, 9.17) is 10.2 Å². The third kappa shape index (κ3) is 5.21. The highest BCUT2D eigenvalue weighted by Gasteiger charge is 2.21. The van der Waals surface area contributed by atoms with Crippen molar-refractivity contribution in [2.45, 2.75) is 18.9 Å². The summed E-state index contributed by atoms with van der Waals surface area (Å²) in [7, 11) is 1.75. The van der Waals surface area contributed by atoms with Crippen LogP contribution in [0.25, 0.3) is 0 Å². The predicted octanol–water partition coefficient (Wildman–Crippen LogP) is 1.38. The second-order valence-corrected chi connectivity index (χ2v) is 5.40. The molecule has 0 aliphatic rings. The number of amides is 1. The Balaban J connectivity index is 2.79. The fourth-order valence-electron chi connectivity index (χ4n) is 1.63. The summed E-state index contributed by atoms with van der Waals surface area (Å²) in [5.41, 5.74) is 1.17. The predicted molar refractivity (Wildman–Crippen MR) is 84.5 cm³/mol. The topological polar surface area (TPSA) is 116 Å². The first-order valence-electron chi connectivity index (χ1n) is 6.08. The highest BCUT2D eigenvalue weighted by atomic mass is 127. The van der Waals surface area contributed by atoms with Crippen molar-refractivity contribution in [2.75, 3.05) is 12.4 Å². The molecule has 0 heterocycles. The van der Waals surface area contributed by atoms with E-state index in [9.17, 15) is 14.4 Å². The van der Waals surface area contributed by atoms with Crippen LogP contribution in [-0.4, -0.2) is 41.1 Å². The molecular weight excluding hydrogens is 391 g/mol. The average Bonchev–Trinajstić information content (AvgIpc) is 2.42. The van der Waals surface area contributed by atoms with E-state index in [1.807, 2.05) is 0 Å². The number of hydrogen-bond acceptors (Lipinski definition) is 4. The van der Waals surface area contributed by atoms with Gasteiger partial charge in [-0.15, -0.1) is 0 Å². The first kappa shape index (κ1) is 17.2. The van der Waals surface area contributed by atoms with Gasteiger partial charge in [0.2, 0.25) is 0 Å². The first-order valence-corrected chi connectivity index (χ1v) is 7.15. The fourth-order valence-corrected chi connectivity index (χ4v) is 2.41. The smallest absolute Gasteiger partial charge is 0.326 e. The Labute approximate surface area is 134 Å². The van der Waals surface area contributed by atoms with Gasteiger partial charge in [0.05, 0.1) is 0 Å². The van der Waals surface area contributed by atoms with Crippen molar-refractivity contribution in [2.24, 2.45) is 0 Å². The highest BCUT2D eigenvalue weighted by Crippen LogP contribution is 2.19. The Kier molecular flexibility index (Phi) is 6.40. The molecule has 21 heavy (non-hydrogen) atoms. The Bertz CT molecular complexity index is 561. The van der Waals surface area contributed by atoms with Gasteiger partial charge in [0.1, 0.15) is 6.04 Å². The highest BCUT2D eigenvalue weighted by molar-refractivity contribution is 14.1. The van der Waals surface area contributed by atoms with Gasteiger partial charge in [0.25, 0.3) is 5.91 Å². The van der Waals surface area contributed by atoms with Gasteiger partial charge in [0, 0.05) is 28.3 Å². The van der Waals surface area contributed by atoms with E-state index in [0.717, 1.165) is 9.26 Å². The molecule has 1 rings (SSSR count). The molecule has 1 aromatic rings. The van der Waals surface area contributed by atoms with E-state index in [1.54, 1.807) is 25.2 Å². The third-order valence-corrected chi connectivity index (χ3v) is 3.64. The van der Waals surface area contributed by atoms with Crippen LogP contribution in [0.15, 0.2) is 18.2 Å². The number of carbonyl (C=O) groups is 3. The molecule has 7 nitrogen and oxygen atoms in total. The van der Waals surface area contributed by atoms with Crippen molar-refractivity contribution in [1.29, 1.82) is 0 Å². The quantitative estimate of drug-likeness (QED) is 0.509. The van der Waals surface area contributed by atoms with E-state index in [2.05, 4.69) is 33.2 Å². The summed E-state index contributed by atoms with van der Waals surface area (Å²) >= 11 is 2.06. The van der Waals surface area contributed by atoms with Gasteiger partial charge < -0.3 is 20.8 Å². The molecule has 0 aromatic heterocycles. The molecule has 0 radical (unpaired) electrons. The number of benzene rings is 1. The molecule has 0 bridgehead atoms. The van der Waals surface area contributed by atoms with Gasteiger partial charge in [-0.05, 0) is 47.2 Å². The number of carbonyl (C=O) groups excluding carboxylic acids is 1. The van der Waals surface area contributed by atoms with Crippen molar-refractivity contribution in [3.8, 4) is 0 Å². The Hall–Kier alpha value is -1.84. The molecule has 0 spiro atoms. The second-order valence-electron chi connectivity index (χ2n) is 4.24. The number of halogens is 1. The number of rotatable bonds is 7. The molecule has 1 aromatic carbocycles. The van der Waals surface area contributed by atoms with Crippen LogP contribution < -0.4 is 10.6 Å². The van der Waals surface area contributed by atoms with Crippen molar-refractivity contribution in [3.05, 3.63) is 27.3 Å². The van der Waals surface area contributed by atoms with Crippen LogP contribution in [0.2, 0.25) is 0 Å². The molecule has 0 aliphatic heterocycles. The molecule has 114 valence electrons. The van der Waals surface area contributed by atoms with Gasteiger partial charge >= 0.3 is 11.9 Å². The van der Waals surface area contributed by atoms with Crippen molar-refractivity contribution in [1.82, 2.24) is 5.32 Å². The molecule has 0 fully saturated rings.